The second-order valence-corrected chi connectivity index (χ2v) is 6.17. The summed E-state index contributed by atoms with van der Waals surface area (Å²) in [5.74, 6) is -1.11. The lowest BCUT2D eigenvalue weighted by atomic mass is 9.84. The fourth-order valence-electron chi connectivity index (χ4n) is 2.77. The second kappa shape index (κ2) is 6.58. The molecule has 0 spiro atoms. The van der Waals surface area contributed by atoms with Crippen molar-refractivity contribution < 1.29 is 22.6 Å². The van der Waals surface area contributed by atoms with Gasteiger partial charge in [0.05, 0.1) is 16.6 Å². The number of fused-ring (bicyclic) bond motifs is 1. The predicted molar refractivity (Wildman–Crippen MR) is 87.1 cm³/mol. The standard InChI is InChI=1S/C14H14BClF4N4O/c1-15(25)24-4-2-23(3-5-24)13-12(16)21-10-6-8(14(18,19)20)9(17)7-11(10)22-13/h6-7,25H,2-5H2,1H3. The lowest BCUT2D eigenvalue weighted by Gasteiger charge is -2.36. The van der Waals surface area contributed by atoms with E-state index in [2.05, 4.69) is 9.97 Å². The second-order valence-electron chi connectivity index (χ2n) is 5.81. The van der Waals surface area contributed by atoms with E-state index >= 15 is 0 Å². The van der Waals surface area contributed by atoms with Gasteiger partial charge in [-0.1, -0.05) is 11.6 Å². The van der Waals surface area contributed by atoms with E-state index in [0.717, 1.165) is 6.07 Å². The highest BCUT2D eigenvalue weighted by atomic mass is 35.5. The molecule has 1 fully saturated rings. The van der Waals surface area contributed by atoms with Crippen molar-refractivity contribution in [1.29, 1.82) is 0 Å². The number of piperazine rings is 1. The number of benzene rings is 1. The Labute approximate surface area is 146 Å². The van der Waals surface area contributed by atoms with Crippen molar-refractivity contribution in [2.45, 2.75) is 13.0 Å². The molecule has 0 unspecified atom stereocenters. The lowest BCUT2D eigenvalue weighted by molar-refractivity contribution is -0.139. The zero-order valence-corrected chi connectivity index (χ0v) is 13.9. The van der Waals surface area contributed by atoms with Gasteiger partial charge in [-0.25, -0.2) is 14.4 Å². The summed E-state index contributed by atoms with van der Waals surface area (Å²) in [6.07, 6.45) is -4.82. The highest BCUT2D eigenvalue weighted by Gasteiger charge is 2.35. The average molecular weight is 377 g/mol. The molecule has 3 rings (SSSR count). The van der Waals surface area contributed by atoms with Gasteiger partial charge in [-0.05, 0) is 12.9 Å². The first-order valence-corrected chi connectivity index (χ1v) is 7.95. The van der Waals surface area contributed by atoms with Crippen LogP contribution in [-0.2, 0) is 6.18 Å². The minimum Gasteiger partial charge on any atom is -0.437 e. The smallest absolute Gasteiger partial charge is 0.419 e. The van der Waals surface area contributed by atoms with Crippen LogP contribution in [0.1, 0.15) is 5.56 Å². The van der Waals surface area contributed by atoms with Gasteiger partial charge in [0.25, 0.3) is 0 Å². The van der Waals surface area contributed by atoms with Crippen LogP contribution in [-0.4, -0.2) is 53.0 Å². The quantitative estimate of drug-likeness (QED) is 0.645. The zero-order valence-electron chi connectivity index (χ0n) is 13.2. The van der Waals surface area contributed by atoms with Gasteiger partial charge in [-0.3, -0.25) is 0 Å². The molecule has 0 amide bonds. The molecule has 1 aromatic carbocycles. The van der Waals surface area contributed by atoms with Crippen molar-refractivity contribution in [1.82, 2.24) is 14.8 Å². The molecular weight excluding hydrogens is 362 g/mol. The SMILES string of the molecule is CB(O)N1CCN(c2nc3cc(F)c(C(F)(F)F)cc3nc2Cl)CC1. The topological polar surface area (TPSA) is 52.5 Å². The van der Waals surface area contributed by atoms with Gasteiger partial charge in [-0.15, -0.1) is 0 Å². The van der Waals surface area contributed by atoms with E-state index in [0.29, 0.717) is 38.1 Å². The van der Waals surface area contributed by atoms with Gasteiger partial charge in [0, 0.05) is 32.2 Å². The number of halogens is 5. The van der Waals surface area contributed by atoms with E-state index < -0.39 is 24.6 Å². The van der Waals surface area contributed by atoms with Crippen LogP contribution in [0.3, 0.4) is 0 Å². The van der Waals surface area contributed by atoms with Crippen molar-refractivity contribution in [3.05, 3.63) is 28.7 Å². The fraction of sp³-hybridized carbons (Fsp3) is 0.429. The molecule has 1 aliphatic heterocycles. The van der Waals surface area contributed by atoms with Gasteiger partial charge in [-0.2, -0.15) is 13.2 Å². The Bertz CT molecular complexity index is 796. The predicted octanol–water partition coefficient (Wildman–Crippen LogP) is 2.67. The zero-order chi connectivity index (χ0) is 18.4. The first-order valence-electron chi connectivity index (χ1n) is 7.58. The lowest BCUT2D eigenvalue weighted by Crippen LogP contribution is -2.51. The molecule has 2 heterocycles. The van der Waals surface area contributed by atoms with E-state index in [1.807, 2.05) is 9.71 Å². The molecule has 2 aromatic rings. The van der Waals surface area contributed by atoms with Crippen LogP contribution in [0.2, 0.25) is 12.0 Å². The molecule has 11 heteroatoms. The van der Waals surface area contributed by atoms with Crippen molar-refractivity contribution >= 4 is 35.5 Å². The van der Waals surface area contributed by atoms with Crippen LogP contribution in [0.5, 0.6) is 0 Å². The summed E-state index contributed by atoms with van der Waals surface area (Å²) in [5.41, 5.74) is -1.52. The van der Waals surface area contributed by atoms with Crippen LogP contribution in [0.25, 0.3) is 11.0 Å². The number of anilines is 1. The Morgan fingerprint density at radius 1 is 1.12 bits per heavy atom. The molecular formula is C14H14BClF4N4O. The number of rotatable bonds is 2. The number of nitrogens with zero attached hydrogens (tertiary/aromatic N) is 4. The molecule has 134 valence electrons. The van der Waals surface area contributed by atoms with Gasteiger partial charge in [0.15, 0.2) is 11.0 Å². The number of alkyl halides is 3. The summed E-state index contributed by atoms with van der Waals surface area (Å²) >= 11 is 6.09. The van der Waals surface area contributed by atoms with Crippen LogP contribution in [0.15, 0.2) is 12.1 Å². The third kappa shape index (κ3) is 3.65. The first-order chi connectivity index (χ1) is 11.7. The van der Waals surface area contributed by atoms with Crippen LogP contribution < -0.4 is 4.90 Å². The van der Waals surface area contributed by atoms with Crippen LogP contribution in [0, 0.1) is 5.82 Å². The third-order valence-electron chi connectivity index (χ3n) is 4.14. The molecule has 1 aliphatic rings. The minimum atomic E-state index is -4.82. The van der Waals surface area contributed by atoms with E-state index in [4.69, 9.17) is 11.6 Å². The van der Waals surface area contributed by atoms with E-state index in [1.165, 1.54) is 0 Å². The molecule has 1 saturated heterocycles. The summed E-state index contributed by atoms with van der Waals surface area (Å²) in [6, 6.07) is 1.33. The molecule has 25 heavy (non-hydrogen) atoms. The Hall–Kier alpha value is -1.65. The monoisotopic (exact) mass is 376 g/mol. The van der Waals surface area contributed by atoms with Crippen molar-refractivity contribution in [3.8, 4) is 0 Å². The molecule has 1 N–H and O–H groups in total. The van der Waals surface area contributed by atoms with Crippen molar-refractivity contribution in [2.75, 3.05) is 31.1 Å². The maximum absolute atomic E-state index is 13.8. The summed E-state index contributed by atoms with van der Waals surface area (Å²) < 4.78 is 52.1. The minimum absolute atomic E-state index is 0.00264. The van der Waals surface area contributed by atoms with E-state index in [-0.39, 0.29) is 16.2 Å². The van der Waals surface area contributed by atoms with Crippen molar-refractivity contribution in [3.63, 3.8) is 0 Å². The van der Waals surface area contributed by atoms with Crippen LogP contribution >= 0.6 is 11.6 Å². The first kappa shape index (κ1) is 18.2. The fourth-order valence-corrected chi connectivity index (χ4v) is 3.03. The van der Waals surface area contributed by atoms with Gasteiger partial charge in [0.2, 0.25) is 0 Å². The maximum atomic E-state index is 13.8. The Balaban J connectivity index is 1.95. The summed E-state index contributed by atoms with van der Waals surface area (Å²) in [5, 5.41) is 9.53. The molecule has 0 saturated carbocycles. The summed E-state index contributed by atoms with van der Waals surface area (Å²) in [4.78, 5) is 11.8. The molecule has 0 atom stereocenters. The van der Waals surface area contributed by atoms with Crippen molar-refractivity contribution in [2.24, 2.45) is 0 Å². The molecule has 0 radical (unpaired) electrons. The van der Waals surface area contributed by atoms with Crippen LogP contribution in [0.4, 0.5) is 23.4 Å². The highest BCUT2D eigenvalue weighted by Crippen LogP contribution is 2.34. The van der Waals surface area contributed by atoms with Gasteiger partial charge >= 0.3 is 13.2 Å². The Kier molecular flexibility index (Phi) is 4.78. The largest absolute Gasteiger partial charge is 0.437 e. The van der Waals surface area contributed by atoms with E-state index in [9.17, 15) is 22.6 Å². The number of hydrogen-bond donors (Lipinski definition) is 1. The average Bonchev–Trinajstić information content (AvgIpc) is 2.53. The highest BCUT2D eigenvalue weighted by molar-refractivity contribution is 6.45. The summed E-state index contributed by atoms with van der Waals surface area (Å²) in [7, 11) is -0.574. The summed E-state index contributed by atoms with van der Waals surface area (Å²) in [6.45, 7) is 3.81. The van der Waals surface area contributed by atoms with E-state index in [1.54, 1.807) is 6.82 Å². The Morgan fingerprint density at radius 3 is 2.28 bits per heavy atom. The molecule has 0 aliphatic carbocycles. The molecule has 5 nitrogen and oxygen atoms in total. The number of hydrogen-bond acceptors (Lipinski definition) is 5. The maximum Gasteiger partial charge on any atom is 0.419 e. The third-order valence-corrected chi connectivity index (χ3v) is 4.39. The molecule has 0 bridgehead atoms. The normalized spacial score (nSPS) is 16.5. The number of aromatic nitrogens is 2. The Morgan fingerprint density at radius 2 is 1.72 bits per heavy atom. The van der Waals surface area contributed by atoms with Gasteiger partial charge in [0.1, 0.15) is 5.82 Å². The molecule has 1 aromatic heterocycles. The van der Waals surface area contributed by atoms with Gasteiger partial charge < -0.3 is 14.7 Å².